The third-order valence-corrected chi connectivity index (χ3v) is 3.20. The van der Waals surface area contributed by atoms with Crippen LogP contribution >= 0.6 is 0 Å². The van der Waals surface area contributed by atoms with Crippen molar-refractivity contribution >= 4 is 0 Å². The van der Waals surface area contributed by atoms with Gasteiger partial charge in [0.1, 0.15) is 17.5 Å². The molecule has 108 valence electrons. The Labute approximate surface area is 120 Å². The van der Waals surface area contributed by atoms with Gasteiger partial charge in [-0.05, 0) is 36.8 Å². The summed E-state index contributed by atoms with van der Waals surface area (Å²) in [7, 11) is 0. The molecule has 0 amide bonds. The Bertz CT molecular complexity index is 669. The van der Waals surface area contributed by atoms with E-state index in [1.165, 1.54) is 12.1 Å². The number of hydrogen-bond donors (Lipinski definition) is 1. The van der Waals surface area contributed by atoms with Crippen molar-refractivity contribution in [3.63, 3.8) is 0 Å². The zero-order chi connectivity index (χ0) is 15.4. The van der Waals surface area contributed by atoms with Crippen molar-refractivity contribution in [3.05, 3.63) is 70.5 Å². The van der Waals surface area contributed by atoms with Gasteiger partial charge in [0.05, 0.1) is 11.6 Å². The number of nitrogens with one attached hydrogen (secondary N) is 1. The van der Waals surface area contributed by atoms with Gasteiger partial charge in [-0.2, -0.15) is 5.26 Å². The van der Waals surface area contributed by atoms with Crippen LogP contribution in [0.2, 0.25) is 0 Å². The minimum atomic E-state index is -0.773. The molecule has 0 aliphatic carbocycles. The van der Waals surface area contributed by atoms with E-state index in [1.54, 1.807) is 25.1 Å². The van der Waals surface area contributed by atoms with Gasteiger partial charge in [-0.1, -0.05) is 12.1 Å². The van der Waals surface area contributed by atoms with Gasteiger partial charge >= 0.3 is 0 Å². The quantitative estimate of drug-likeness (QED) is 0.929. The van der Waals surface area contributed by atoms with Crippen molar-refractivity contribution in [1.29, 1.82) is 5.26 Å². The molecule has 0 radical (unpaired) electrons. The molecule has 0 heterocycles. The van der Waals surface area contributed by atoms with Crippen molar-refractivity contribution < 1.29 is 13.2 Å². The maximum absolute atomic E-state index is 13.7. The average molecular weight is 290 g/mol. The van der Waals surface area contributed by atoms with E-state index in [-0.39, 0.29) is 29.5 Å². The molecule has 1 atom stereocenters. The zero-order valence-corrected chi connectivity index (χ0v) is 11.3. The highest BCUT2D eigenvalue weighted by Crippen LogP contribution is 2.18. The lowest BCUT2D eigenvalue weighted by Gasteiger charge is -2.15. The van der Waals surface area contributed by atoms with Crippen LogP contribution in [0.3, 0.4) is 0 Å². The number of rotatable bonds is 4. The second-order valence-corrected chi connectivity index (χ2v) is 4.69. The van der Waals surface area contributed by atoms with Crippen LogP contribution in [0.15, 0.2) is 36.4 Å². The van der Waals surface area contributed by atoms with Crippen molar-refractivity contribution in [2.45, 2.75) is 19.5 Å². The van der Waals surface area contributed by atoms with Crippen LogP contribution in [0.5, 0.6) is 0 Å². The second kappa shape index (κ2) is 6.42. The predicted molar refractivity (Wildman–Crippen MR) is 72.7 cm³/mol. The predicted octanol–water partition coefficient (Wildman–Crippen LogP) is 3.83. The lowest BCUT2D eigenvalue weighted by Crippen LogP contribution is -2.20. The van der Waals surface area contributed by atoms with Gasteiger partial charge in [-0.3, -0.25) is 0 Å². The lowest BCUT2D eigenvalue weighted by molar-refractivity contribution is 0.507. The first-order valence-electron chi connectivity index (χ1n) is 6.38. The first kappa shape index (κ1) is 15.1. The van der Waals surface area contributed by atoms with Crippen LogP contribution < -0.4 is 5.32 Å². The van der Waals surface area contributed by atoms with E-state index in [0.717, 1.165) is 12.1 Å². The van der Waals surface area contributed by atoms with Gasteiger partial charge in [0.25, 0.3) is 0 Å². The Morgan fingerprint density at radius 3 is 2.38 bits per heavy atom. The standard InChI is InChI=1S/C16H13F3N2/c1-10(12-3-2-4-13(17)7-12)21-9-14-15(18)5-11(8-20)6-16(14)19/h2-7,10,21H,9H2,1H3/t10-/m1/s1. The topological polar surface area (TPSA) is 35.8 Å². The molecule has 1 N–H and O–H groups in total. The van der Waals surface area contributed by atoms with E-state index in [1.807, 2.05) is 0 Å². The van der Waals surface area contributed by atoms with Crippen LogP contribution in [0.25, 0.3) is 0 Å². The normalized spacial score (nSPS) is 12.0. The number of benzene rings is 2. The molecule has 0 aliphatic rings. The SMILES string of the molecule is C[C@@H](NCc1c(F)cc(C#N)cc1F)c1cccc(F)c1. The van der Waals surface area contributed by atoms with Gasteiger partial charge in [0.2, 0.25) is 0 Å². The first-order valence-corrected chi connectivity index (χ1v) is 6.38. The second-order valence-electron chi connectivity index (χ2n) is 4.69. The van der Waals surface area contributed by atoms with Crippen LogP contribution in [0, 0.1) is 28.8 Å². The minimum absolute atomic E-state index is 0.0545. The molecule has 0 spiro atoms. The fourth-order valence-electron chi connectivity index (χ4n) is 1.99. The van der Waals surface area contributed by atoms with E-state index < -0.39 is 11.6 Å². The monoisotopic (exact) mass is 290 g/mol. The van der Waals surface area contributed by atoms with Gasteiger partial charge in [0.15, 0.2) is 0 Å². The maximum atomic E-state index is 13.7. The highest BCUT2D eigenvalue weighted by atomic mass is 19.1. The van der Waals surface area contributed by atoms with Gasteiger partial charge < -0.3 is 5.32 Å². The largest absolute Gasteiger partial charge is 0.306 e. The molecule has 2 aromatic carbocycles. The summed E-state index contributed by atoms with van der Waals surface area (Å²) >= 11 is 0. The van der Waals surface area contributed by atoms with E-state index >= 15 is 0 Å². The number of nitrogens with zero attached hydrogens (tertiary/aromatic N) is 1. The Kier molecular flexibility index (Phi) is 4.61. The minimum Gasteiger partial charge on any atom is -0.306 e. The fourth-order valence-corrected chi connectivity index (χ4v) is 1.99. The molecule has 0 saturated carbocycles. The van der Waals surface area contributed by atoms with Crippen LogP contribution in [0.4, 0.5) is 13.2 Å². The molecule has 0 aliphatic heterocycles. The highest BCUT2D eigenvalue weighted by Gasteiger charge is 2.13. The Morgan fingerprint density at radius 1 is 1.14 bits per heavy atom. The van der Waals surface area contributed by atoms with Crippen molar-refractivity contribution in [3.8, 4) is 6.07 Å². The molecule has 0 unspecified atom stereocenters. The summed E-state index contributed by atoms with van der Waals surface area (Å²) in [6.45, 7) is 1.72. The molecule has 0 aromatic heterocycles. The third-order valence-electron chi connectivity index (χ3n) is 3.20. The first-order chi connectivity index (χ1) is 10.0. The van der Waals surface area contributed by atoms with E-state index in [0.29, 0.717) is 5.56 Å². The molecule has 2 nitrogen and oxygen atoms in total. The summed E-state index contributed by atoms with van der Waals surface area (Å²) in [4.78, 5) is 0. The summed E-state index contributed by atoms with van der Waals surface area (Å²) < 4.78 is 40.6. The fraction of sp³-hybridized carbons (Fsp3) is 0.188. The molecule has 0 bridgehead atoms. The Balaban J connectivity index is 2.12. The Hall–Kier alpha value is -2.32. The summed E-state index contributed by atoms with van der Waals surface area (Å²) in [6, 6.07) is 9.41. The molecule has 2 rings (SSSR count). The number of halogens is 3. The third kappa shape index (κ3) is 3.61. The molecule has 2 aromatic rings. The van der Waals surface area contributed by atoms with Gasteiger partial charge in [-0.15, -0.1) is 0 Å². The molecule has 5 heteroatoms. The summed E-state index contributed by atoms with van der Waals surface area (Å²) in [5.41, 5.74) is 0.480. The summed E-state index contributed by atoms with van der Waals surface area (Å²) in [6.07, 6.45) is 0. The summed E-state index contributed by atoms with van der Waals surface area (Å²) in [5.74, 6) is -1.91. The lowest BCUT2D eigenvalue weighted by atomic mass is 10.1. The number of hydrogen-bond acceptors (Lipinski definition) is 2. The highest BCUT2D eigenvalue weighted by molar-refractivity contribution is 5.34. The molecule has 0 fully saturated rings. The van der Waals surface area contributed by atoms with E-state index in [2.05, 4.69) is 5.32 Å². The van der Waals surface area contributed by atoms with Crippen molar-refractivity contribution in [1.82, 2.24) is 5.32 Å². The smallest absolute Gasteiger partial charge is 0.131 e. The van der Waals surface area contributed by atoms with Gasteiger partial charge in [0, 0.05) is 18.2 Å². The van der Waals surface area contributed by atoms with Crippen LogP contribution in [-0.4, -0.2) is 0 Å². The maximum Gasteiger partial charge on any atom is 0.131 e. The average Bonchev–Trinajstić information content (AvgIpc) is 2.45. The van der Waals surface area contributed by atoms with Crippen LogP contribution in [-0.2, 0) is 6.54 Å². The van der Waals surface area contributed by atoms with Crippen molar-refractivity contribution in [2.75, 3.05) is 0 Å². The number of nitriles is 1. The molecule has 0 saturated heterocycles. The van der Waals surface area contributed by atoms with E-state index in [4.69, 9.17) is 5.26 Å². The molecular weight excluding hydrogens is 277 g/mol. The molecule has 21 heavy (non-hydrogen) atoms. The van der Waals surface area contributed by atoms with E-state index in [9.17, 15) is 13.2 Å². The Morgan fingerprint density at radius 2 is 1.81 bits per heavy atom. The van der Waals surface area contributed by atoms with Crippen LogP contribution in [0.1, 0.15) is 29.7 Å². The van der Waals surface area contributed by atoms with Gasteiger partial charge in [-0.25, -0.2) is 13.2 Å². The zero-order valence-electron chi connectivity index (χ0n) is 11.3. The summed E-state index contributed by atoms with van der Waals surface area (Å²) in [5, 5.41) is 11.6. The molecular formula is C16H13F3N2. The van der Waals surface area contributed by atoms with Crippen molar-refractivity contribution in [2.24, 2.45) is 0 Å².